The monoisotopic (exact) mass is 237 g/mol. The van der Waals surface area contributed by atoms with E-state index in [1.807, 2.05) is 12.1 Å². The van der Waals surface area contributed by atoms with Gasteiger partial charge in [0, 0.05) is 12.5 Å². The van der Waals surface area contributed by atoms with Gasteiger partial charge in [0.05, 0.1) is 26.0 Å². The van der Waals surface area contributed by atoms with Crippen molar-refractivity contribution in [1.82, 2.24) is 4.90 Å². The molecule has 1 aromatic heterocycles. The molecule has 1 aliphatic heterocycles. The van der Waals surface area contributed by atoms with Crippen molar-refractivity contribution in [2.75, 3.05) is 26.3 Å². The largest absolute Gasteiger partial charge is 0.468 e. The number of hydrogen-bond acceptors (Lipinski definition) is 4. The molecule has 0 radical (unpaired) electrons. The maximum Gasteiger partial charge on any atom is 0.152 e. The molecule has 2 heterocycles. The highest BCUT2D eigenvalue weighted by Gasteiger charge is 2.24. The molecule has 0 aromatic carbocycles. The quantitative estimate of drug-likeness (QED) is 0.755. The summed E-state index contributed by atoms with van der Waals surface area (Å²) in [5.74, 6) is 1.29. The number of furan rings is 1. The molecule has 2 rings (SSSR count). The van der Waals surface area contributed by atoms with Gasteiger partial charge in [-0.3, -0.25) is 9.69 Å². The van der Waals surface area contributed by atoms with E-state index in [-0.39, 0.29) is 11.7 Å². The Hall–Kier alpha value is -1.13. The van der Waals surface area contributed by atoms with Crippen LogP contribution in [-0.2, 0) is 16.1 Å². The number of ketones is 1. The van der Waals surface area contributed by atoms with E-state index in [9.17, 15) is 4.79 Å². The minimum absolute atomic E-state index is 0.0978. The second-order valence-electron chi connectivity index (χ2n) is 4.41. The Morgan fingerprint density at radius 3 is 3.06 bits per heavy atom. The van der Waals surface area contributed by atoms with Gasteiger partial charge >= 0.3 is 0 Å². The Balaban J connectivity index is 1.84. The molecule has 0 saturated carbocycles. The predicted octanol–water partition coefficient (Wildman–Crippen LogP) is 1.71. The van der Waals surface area contributed by atoms with Crippen LogP contribution >= 0.6 is 0 Å². The van der Waals surface area contributed by atoms with Gasteiger partial charge in [0.1, 0.15) is 5.76 Å². The lowest BCUT2D eigenvalue weighted by molar-refractivity contribution is -0.124. The van der Waals surface area contributed by atoms with Crippen molar-refractivity contribution >= 4 is 5.78 Å². The van der Waals surface area contributed by atoms with E-state index in [4.69, 9.17) is 9.15 Å². The first-order valence-corrected chi connectivity index (χ1v) is 6.14. The summed E-state index contributed by atoms with van der Waals surface area (Å²) < 4.78 is 10.5. The molecule has 0 amide bonds. The standard InChI is InChI=1S/C13H19NO3/c1-2-14(8-12-4-3-6-17-12)9-13(15)11-5-7-16-10-11/h3-4,6,11H,2,5,7-10H2,1H3. The number of rotatable bonds is 6. The van der Waals surface area contributed by atoms with Crippen molar-refractivity contribution in [1.29, 1.82) is 0 Å². The summed E-state index contributed by atoms with van der Waals surface area (Å²) >= 11 is 0. The van der Waals surface area contributed by atoms with Crippen LogP contribution in [0.25, 0.3) is 0 Å². The first kappa shape index (κ1) is 12.3. The fourth-order valence-corrected chi connectivity index (χ4v) is 2.04. The summed E-state index contributed by atoms with van der Waals surface area (Å²) in [6, 6.07) is 3.81. The second-order valence-corrected chi connectivity index (χ2v) is 4.41. The molecule has 4 heteroatoms. The molecule has 1 atom stereocenters. The van der Waals surface area contributed by atoms with Gasteiger partial charge in [-0.05, 0) is 25.1 Å². The molecule has 94 valence electrons. The molecule has 4 nitrogen and oxygen atoms in total. The highest BCUT2D eigenvalue weighted by atomic mass is 16.5. The molecular formula is C13H19NO3. The maximum atomic E-state index is 12.0. The van der Waals surface area contributed by atoms with Crippen LogP contribution < -0.4 is 0 Å². The zero-order valence-corrected chi connectivity index (χ0v) is 10.2. The summed E-state index contributed by atoms with van der Waals surface area (Å²) in [4.78, 5) is 14.1. The molecule has 0 bridgehead atoms. The number of carbonyl (C=O) groups excluding carboxylic acids is 1. The molecule has 1 aromatic rings. The summed E-state index contributed by atoms with van der Waals surface area (Å²) in [6.45, 7) is 5.41. The number of hydrogen-bond donors (Lipinski definition) is 0. The van der Waals surface area contributed by atoms with Gasteiger partial charge in [-0.1, -0.05) is 6.92 Å². The molecule has 0 N–H and O–H groups in total. The lowest BCUT2D eigenvalue weighted by Gasteiger charge is -2.19. The molecule has 1 fully saturated rings. The third-order valence-electron chi connectivity index (χ3n) is 3.17. The third kappa shape index (κ3) is 3.41. The Morgan fingerprint density at radius 2 is 2.47 bits per heavy atom. The number of ether oxygens (including phenoxy) is 1. The molecule has 1 saturated heterocycles. The van der Waals surface area contributed by atoms with E-state index in [0.717, 1.165) is 25.3 Å². The second kappa shape index (κ2) is 5.98. The van der Waals surface area contributed by atoms with Gasteiger partial charge in [0.15, 0.2) is 5.78 Å². The van der Waals surface area contributed by atoms with E-state index in [1.165, 1.54) is 0 Å². The Morgan fingerprint density at radius 1 is 1.59 bits per heavy atom. The summed E-state index contributed by atoms with van der Waals surface area (Å²) in [5.41, 5.74) is 0. The van der Waals surface area contributed by atoms with Gasteiger partial charge in [0.25, 0.3) is 0 Å². The SMILES string of the molecule is CCN(CC(=O)C1CCOC1)Cc1ccco1. The molecule has 0 spiro atoms. The van der Waals surface area contributed by atoms with Crippen molar-refractivity contribution < 1.29 is 13.9 Å². The van der Waals surface area contributed by atoms with Gasteiger partial charge in [-0.2, -0.15) is 0 Å². The van der Waals surface area contributed by atoms with Crippen molar-refractivity contribution in [3.05, 3.63) is 24.2 Å². The van der Waals surface area contributed by atoms with Crippen molar-refractivity contribution in [3.8, 4) is 0 Å². The summed E-state index contributed by atoms with van der Waals surface area (Å²) in [7, 11) is 0. The zero-order valence-electron chi connectivity index (χ0n) is 10.2. The van der Waals surface area contributed by atoms with Crippen LogP contribution in [0.15, 0.2) is 22.8 Å². The van der Waals surface area contributed by atoms with Gasteiger partial charge in [0.2, 0.25) is 0 Å². The summed E-state index contributed by atoms with van der Waals surface area (Å²) in [5, 5.41) is 0. The average molecular weight is 237 g/mol. The Bertz CT molecular complexity index is 342. The van der Waals surface area contributed by atoms with Crippen LogP contribution in [0.3, 0.4) is 0 Å². The fourth-order valence-electron chi connectivity index (χ4n) is 2.04. The summed E-state index contributed by atoms with van der Waals surface area (Å²) in [6.07, 6.45) is 2.53. The Kier molecular flexibility index (Phi) is 4.34. The molecular weight excluding hydrogens is 218 g/mol. The van der Waals surface area contributed by atoms with Crippen LogP contribution in [0.2, 0.25) is 0 Å². The van der Waals surface area contributed by atoms with Crippen LogP contribution in [0.1, 0.15) is 19.1 Å². The normalized spacial score (nSPS) is 20.0. The van der Waals surface area contributed by atoms with Gasteiger partial charge in [-0.25, -0.2) is 0 Å². The fraction of sp³-hybridized carbons (Fsp3) is 0.615. The highest BCUT2D eigenvalue weighted by molar-refractivity contribution is 5.83. The topological polar surface area (TPSA) is 42.7 Å². The maximum absolute atomic E-state index is 12.0. The lowest BCUT2D eigenvalue weighted by atomic mass is 10.0. The third-order valence-corrected chi connectivity index (χ3v) is 3.17. The van der Waals surface area contributed by atoms with E-state index in [2.05, 4.69) is 11.8 Å². The van der Waals surface area contributed by atoms with E-state index >= 15 is 0 Å². The van der Waals surface area contributed by atoms with Crippen molar-refractivity contribution in [3.63, 3.8) is 0 Å². The minimum Gasteiger partial charge on any atom is -0.468 e. The van der Waals surface area contributed by atoms with E-state index in [0.29, 0.717) is 19.7 Å². The van der Waals surface area contributed by atoms with E-state index in [1.54, 1.807) is 6.26 Å². The highest BCUT2D eigenvalue weighted by Crippen LogP contribution is 2.14. The molecule has 17 heavy (non-hydrogen) atoms. The van der Waals surface area contributed by atoms with Crippen LogP contribution in [0.5, 0.6) is 0 Å². The van der Waals surface area contributed by atoms with Crippen LogP contribution in [0.4, 0.5) is 0 Å². The van der Waals surface area contributed by atoms with Gasteiger partial charge in [-0.15, -0.1) is 0 Å². The number of Topliss-reactive ketones (excluding diaryl/α,β-unsaturated/α-hetero) is 1. The number of carbonyl (C=O) groups is 1. The smallest absolute Gasteiger partial charge is 0.152 e. The number of likely N-dealkylation sites (N-methyl/N-ethyl adjacent to an activating group) is 1. The van der Waals surface area contributed by atoms with Crippen LogP contribution in [0, 0.1) is 5.92 Å². The van der Waals surface area contributed by atoms with Crippen molar-refractivity contribution in [2.24, 2.45) is 5.92 Å². The minimum atomic E-state index is 0.0978. The predicted molar refractivity (Wildman–Crippen MR) is 63.6 cm³/mol. The molecule has 1 unspecified atom stereocenters. The van der Waals surface area contributed by atoms with Gasteiger partial charge < -0.3 is 9.15 Å². The first-order chi connectivity index (χ1) is 8.29. The average Bonchev–Trinajstić information content (AvgIpc) is 3.00. The zero-order chi connectivity index (χ0) is 12.1. The number of nitrogens with zero attached hydrogens (tertiary/aromatic N) is 1. The molecule has 1 aliphatic rings. The van der Waals surface area contributed by atoms with Crippen molar-refractivity contribution in [2.45, 2.75) is 19.9 Å². The molecule has 0 aliphatic carbocycles. The van der Waals surface area contributed by atoms with E-state index < -0.39 is 0 Å². The van der Waals surface area contributed by atoms with Crippen LogP contribution in [-0.4, -0.2) is 37.0 Å². The first-order valence-electron chi connectivity index (χ1n) is 6.14. The lowest BCUT2D eigenvalue weighted by Crippen LogP contribution is -2.33. The Labute approximate surface area is 102 Å².